The summed E-state index contributed by atoms with van der Waals surface area (Å²) in [5, 5.41) is 0. The Labute approximate surface area is 293 Å². The van der Waals surface area contributed by atoms with E-state index in [-0.39, 0.29) is 0 Å². The van der Waals surface area contributed by atoms with E-state index in [4.69, 9.17) is 9.47 Å². The largest absolute Gasteiger partial charge is 0.497 e. The summed E-state index contributed by atoms with van der Waals surface area (Å²) < 4.78 is 11.0. The quantitative estimate of drug-likeness (QED) is 0.161. The molecule has 8 rings (SSSR count). The van der Waals surface area contributed by atoms with Gasteiger partial charge in [0.15, 0.2) is 0 Å². The molecular formula is C45H52N2O2. The van der Waals surface area contributed by atoms with Crippen molar-refractivity contribution in [3.8, 4) is 11.5 Å². The number of fused-ring (bicyclic) bond motifs is 4. The third-order valence-electron chi connectivity index (χ3n) is 12.2. The minimum Gasteiger partial charge on any atom is -0.497 e. The number of hydrogen-bond donors (Lipinski definition) is 0. The molecule has 4 heteroatoms. The van der Waals surface area contributed by atoms with Gasteiger partial charge in [-0.1, -0.05) is 57.0 Å². The molecule has 0 aromatic heterocycles. The molecule has 4 aliphatic carbocycles. The van der Waals surface area contributed by atoms with Gasteiger partial charge in [-0.15, -0.1) is 0 Å². The first-order valence-electron chi connectivity index (χ1n) is 18.8. The van der Waals surface area contributed by atoms with Crippen LogP contribution in [0.4, 0.5) is 22.7 Å². The lowest BCUT2D eigenvalue weighted by atomic mass is 9.91. The van der Waals surface area contributed by atoms with E-state index in [0.29, 0.717) is 18.0 Å². The number of allylic oxidation sites excluding steroid dienone is 1. The third-order valence-corrected chi connectivity index (χ3v) is 12.2. The highest BCUT2D eigenvalue weighted by molar-refractivity contribution is 5.82. The fourth-order valence-electron chi connectivity index (χ4n) is 9.90. The van der Waals surface area contributed by atoms with E-state index < -0.39 is 0 Å². The fourth-order valence-corrected chi connectivity index (χ4v) is 9.90. The van der Waals surface area contributed by atoms with Crippen LogP contribution in [-0.2, 0) is 0 Å². The molecule has 4 aromatic carbocycles. The van der Waals surface area contributed by atoms with Gasteiger partial charge in [0.25, 0.3) is 0 Å². The van der Waals surface area contributed by atoms with Crippen LogP contribution in [0.1, 0.15) is 76.3 Å². The van der Waals surface area contributed by atoms with Gasteiger partial charge in [-0.3, -0.25) is 0 Å². The lowest BCUT2D eigenvalue weighted by molar-refractivity contribution is 0.410. The minimum absolute atomic E-state index is 0.434. The Morgan fingerprint density at radius 1 is 0.531 bits per heavy atom. The summed E-state index contributed by atoms with van der Waals surface area (Å²) in [5.74, 6) is 5.56. The molecule has 0 N–H and O–H groups in total. The van der Waals surface area contributed by atoms with E-state index in [2.05, 4.69) is 127 Å². The van der Waals surface area contributed by atoms with Gasteiger partial charge in [-0.05, 0) is 158 Å². The van der Waals surface area contributed by atoms with E-state index in [9.17, 15) is 0 Å². The summed E-state index contributed by atoms with van der Waals surface area (Å²) in [6.45, 7) is 4.56. The molecule has 6 atom stereocenters. The number of rotatable bonds is 11. The summed E-state index contributed by atoms with van der Waals surface area (Å²) in [7, 11) is 3.49. The molecule has 0 spiro atoms. The monoisotopic (exact) mass is 652 g/mol. The van der Waals surface area contributed by atoms with Crippen LogP contribution < -0.4 is 19.3 Å². The van der Waals surface area contributed by atoms with Crippen LogP contribution in [0.15, 0.2) is 103 Å². The maximum absolute atomic E-state index is 5.50. The molecule has 0 aliphatic heterocycles. The summed E-state index contributed by atoms with van der Waals surface area (Å²) in [6.07, 6.45) is 13.3. The Hall–Kier alpha value is -4.18. The van der Waals surface area contributed by atoms with Crippen molar-refractivity contribution < 1.29 is 9.47 Å². The Morgan fingerprint density at radius 3 is 1.18 bits per heavy atom. The smallest absolute Gasteiger partial charge is 0.119 e. The van der Waals surface area contributed by atoms with Gasteiger partial charge in [0.05, 0.1) is 14.2 Å². The Bertz CT molecular complexity index is 1620. The van der Waals surface area contributed by atoms with Crippen molar-refractivity contribution in [2.24, 2.45) is 29.6 Å². The van der Waals surface area contributed by atoms with E-state index in [0.717, 1.165) is 35.2 Å². The van der Waals surface area contributed by atoms with Crippen LogP contribution in [0.2, 0.25) is 0 Å². The maximum Gasteiger partial charge on any atom is 0.119 e. The molecule has 0 amide bonds. The predicted molar refractivity (Wildman–Crippen MR) is 204 cm³/mol. The van der Waals surface area contributed by atoms with Gasteiger partial charge in [0.2, 0.25) is 0 Å². The van der Waals surface area contributed by atoms with Crippen molar-refractivity contribution in [1.82, 2.24) is 0 Å². The second kappa shape index (κ2) is 13.6. The first-order valence-corrected chi connectivity index (χ1v) is 18.8. The number of hydrogen-bond acceptors (Lipinski definition) is 4. The Balaban J connectivity index is 1.10. The van der Waals surface area contributed by atoms with E-state index in [1.54, 1.807) is 14.2 Å². The predicted octanol–water partition coefficient (Wildman–Crippen LogP) is 11.4. The van der Waals surface area contributed by atoms with Crippen molar-refractivity contribution in [1.29, 1.82) is 0 Å². The molecule has 6 unspecified atom stereocenters. The highest BCUT2D eigenvalue weighted by atomic mass is 16.5. The lowest BCUT2D eigenvalue weighted by Gasteiger charge is -2.37. The number of anilines is 4. The highest BCUT2D eigenvalue weighted by Gasteiger charge is 2.44. The van der Waals surface area contributed by atoms with Gasteiger partial charge in [-0.2, -0.15) is 0 Å². The number of nitrogens with zero attached hydrogens (tertiary/aromatic N) is 2. The number of ether oxygens (including phenoxy) is 2. The summed E-state index contributed by atoms with van der Waals surface area (Å²) in [5.41, 5.74) is 8.94. The molecule has 4 aliphatic rings. The van der Waals surface area contributed by atoms with Gasteiger partial charge in [0.1, 0.15) is 11.5 Å². The summed E-state index contributed by atoms with van der Waals surface area (Å²) >= 11 is 0. The van der Waals surface area contributed by atoms with Gasteiger partial charge < -0.3 is 19.3 Å². The van der Waals surface area contributed by atoms with Crippen LogP contribution in [0.25, 0.3) is 5.57 Å². The van der Waals surface area contributed by atoms with Crippen molar-refractivity contribution >= 4 is 28.3 Å². The average molecular weight is 653 g/mol. The normalized spacial score (nSPS) is 25.1. The second-order valence-electron chi connectivity index (χ2n) is 15.5. The molecule has 4 fully saturated rings. The Kier molecular flexibility index (Phi) is 8.91. The fraction of sp³-hybridized carbons (Fsp3) is 0.422. The van der Waals surface area contributed by atoms with Crippen LogP contribution in [0.5, 0.6) is 11.5 Å². The van der Waals surface area contributed by atoms with E-state index >= 15 is 0 Å². The van der Waals surface area contributed by atoms with Crippen molar-refractivity contribution in [2.45, 2.75) is 77.3 Å². The second-order valence-corrected chi connectivity index (χ2v) is 15.5. The van der Waals surface area contributed by atoms with Crippen LogP contribution in [-0.4, -0.2) is 26.3 Å². The third kappa shape index (κ3) is 6.35. The zero-order valence-corrected chi connectivity index (χ0v) is 29.7. The molecule has 4 saturated carbocycles. The van der Waals surface area contributed by atoms with Crippen molar-refractivity contribution in [2.75, 3.05) is 24.0 Å². The minimum atomic E-state index is 0.434. The molecule has 0 saturated heterocycles. The topological polar surface area (TPSA) is 24.9 Å². The summed E-state index contributed by atoms with van der Waals surface area (Å²) in [6, 6.07) is 37.3. The standard InChI is InChI=1S/C45H52N2O2/c1-30(2)25-43(33-9-13-37(14-10-33)46(39-17-21-41(48-3)22-18-39)44-28-31-5-7-35(44)26-31)34-11-15-38(16-12-34)47(40-19-23-42(49-4)24-20-40)45-29-32-6-8-36(45)27-32/h9-25,30-32,35-36,44-45H,5-8,26-29H2,1-4H3. The molecule has 254 valence electrons. The van der Waals surface area contributed by atoms with E-state index in [1.807, 2.05) is 0 Å². The van der Waals surface area contributed by atoms with Crippen molar-refractivity contribution in [3.63, 3.8) is 0 Å². The molecular weight excluding hydrogens is 601 g/mol. The molecule has 0 heterocycles. The number of methoxy groups -OCH3 is 2. The maximum atomic E-state index is 5.50. The van der Waals surface area contributed by atoms with Gasteiger partial charge in [-0.25, -0.2) is 0 Å². The van der Waals surface area contributed by atoms with Crippen LogP contribution in [0.3, 0.4) is 0 Å². The first-order chi connectivity index (χ1) is 24.0. The molecule has 4 bridgehead atoms. The molecule has 4 nitrogen and oxygen atoms in total. The average Bonchev–Trinajstić information content (AvgIpc) is 3.97. The number of benzene rings is 4. The van der Waals surface area contributed by atoms with Crippen LogP contribution >= 0.6 is 0 Å². The molecule has 4 aromatic rings. The van der Waals surface area contributed by atoms with Gasteiger partial charge >= 0.3 is 0 Å². The zero-order valence-electron chi connectivity index (χ0n) is 29.7. The van der Waals surface area contributed by atoms with Crippen molar-refractivity contribution in [3.05, 3.63) is 114 Å². The Morgan fingerprint density at radius 2 is 0.898 bits per heavy atom. The van der Waals surface area contributed by atoms with Gasteiger partial charge in [0, 0.05) is 34.8 Å². The van der Waals surface area contributed by atoms with E-state index in [1.165, 1.54) is 90.8 Å². The lowest BCUT2D eigenvalue weighted by Crippen LogP contribution is -2.35. The zero-order chi connectivity index (χ0) is 33.5. The molecule has 0 radical (unpaired) electrons. The first kappa shape index (κ1) is 32.0. The van der Waals surface area contributed by atoms with Crippen LogP contribution in [0, 0.1) is 29.6 Å². The SMILES string of the molecule is COc1ccc(N(c2ccc(C(=CC(C)C)c3ccc(N(c4ccc(OC)cc4)C4CC5CCC4C5)cc3)cc2)C2CC3CCC2C3)cc1. The molecule has 49 heavy (non-hydrogen) atoms. The highest BCUT2D eigenvalue weighted by Crippen LogP contribution is 2.51. The summed E-state index contributed by atoms with van der Waals surface area (Å²) in [4.78, 5) is 5.24.